The number of fused-ring (bicyclic) bond motifs is 1. The van der Waals surface area contributed by atoms with Crippen molar-refractivity contribution in [2.75, 3.05) is 13.1 Å². The number of nitrogens with zero attached hydrogens (tertiary/aromatic N) is 1. The summed E-state index contributed by atoms with van der Waals surface area (Å²) in [4.78, 5) is 12.7. The Hall–Kier alpha value is -2.25. The molecule has 5 nitrogen and oxygen atoms in total. The van der Waals surface area contributed by atoms with Crippen LogP contribution < -0.4 is 5.32 Å². The summed E-state index contributed by atoms with van der Waals surface area (Å²) in [7, 11) is -3.94. The van der Waals surface area contributed by atoms with Crippen LogP contribution in [0.5, 0.6) is 0 Å². The number of rotatable bonds is 3. The van der Waals surface area contributed by atoms with E-state index in [1.54, 1.807) is 18.2 Å². The number of aryl methyl sites for hydroxylation is 2. The van der Waals surface area contributed by atoms with Crippen LogP contribution in [0.4, 0.5) is 4.39 Å². The molecule has 1 saturated heterocycles. The quantitative estimate of drug-likeness (QED) is 0.879. The zero-order valence-electron chi connectivity index (χ0n) is 14.8. The van der Waals surface area contributed by atoms with Crippen LogP contribution in [0, 0.1) is 5.82 Å². The largest absolute Gasteiger partial charge is 0.353 e. The van der Waals surface area contributed by atoms with Gasteiger partial charge in [-0.25, -0.2) is 12.8 Å². The summed E-state index contributed by atoms with van der Waals surface area (Å²) in [5.74, 6) is -1.10. The van der Waals surface area contributed by atoms with E-state index >= 15 is 0 Å². The Kier molecular flexibility index (Phi) is 4.74. The lowest BCUT2D eigenvalue weighted by molar-refractivity contribution is -0.127. The summed E-state index contributed by atoms with van der Waals surface area (Å²) in [6.45, 7) is 0.304. The molecular weight excluding hydrogens is 367 g/mol. The van der Waals surface area contributed by atoms with Gasteiger partial charge < -0.3 is 5.32 Å². The van der Waals surface area contributed by atoms with Crippen molar-refractivity contribution in [1.29, 1.82) is 0 Å². The summed E-state index contributed by atoms with van der Waals surface area (Å²) in [6.07, 6.45) is 3.97. The molecule has 2 aromatic carbocycles. The van der Waals surface area contributed by atoms with Crippen molar-refractivity contribution in [3.63, 3.8) is 0 Å². The number of nitrogens with one attached hydrogen (secondary N) is 1. The van der Waals surface area contributed by atoms with Gasteiger partial charge in [0, 0.05) is 18.7 Å². The van der Waals surface area contributed by atoms with Crippen LogP contribution in [0.2, 0.25) is 0 Å². The maximum Gasteiger partial charge on any atom is 0.244 e. The number of piperazine rings is 1. The molecule has 4 rings (SSSR count). The van der Waals surface area contributed by atoms with E-state index in [1.807, 2.05) is 6.07 Å². The van der Waals surface area contributed by atoms with Crippen LogP contribution in [0.25, 0.3) is 0 Å². The summed E-state index contributed by atoms with van der Waals surface area (Å²) >= 11 is 0. The molecule has 27 heavy (non-hydrogen) atoms. The lowest BCUT2D eigenvalue weighted by Gasteiger charge is -2.34. The zero-order chi connectivity index (χ0) is 19.0. The van der Waals surface area contributed by atoms with E-state index in [-0.39, 0.29) is 23.5 Å². The first kappa shape index (κ1) is 18.1. The van der Waals surface area contributed by atoms with Gasteiger partial charge in [-0.3, -0.25) is 4.79 Å². The first-order valence-electron chi connectivity index (χ1n) is 9.14. The molecule has 1 heterocycles. The zero-order valence-corrected chi connectivity index (χ0v) is 15.6. The number of halogens is 1. The van der Waals surface area contributed by atoms with Crippen LogP contribution >= 0.6 is 0 Å². The van der Waals surface area contributed by atoms with Gasteiger partial charge in [-0.05, 0) is 55.0 Å². The van der Waals surface area contributed by atoms with Crippen molar-refractivity contribution < 1.29 is 17.6 Å². The van der Waals surface area contributed by atoms with Gasteiger partial charge in [-0.15, -0.1) is 0 Å². The highest BCUT2D eigenvalue weighted by molar-refractivity contribution is 7.89. The smallest absolute Gasteiger partial charge is 0.244 e. The molecule has 0 aromatic heterocycles. The molecule has 2 aliphatic rings. The number of carbonyl (C=O) groups is 1. The highest BCUT2D eigenvalue weighted by Gasteiger charge is 2.40. The third-order valence-electron chi connectivity index (χ3n) is 5.29. The van der Waals surface area contributed by atoms with E-state index in [0.717, 1.165) is 35.6 Å². The fraction of sp³-hybridized carbons (Fsp3) is 0.350. The third-order valence-corrected chi connectivity index (χ3v) is 7.15. The Bertz CT molecular complexity index is 990. The van der Waals surface area contributed by atoms with E-state index in [2.05, 4.69) is 5.32 Å². The predicted molar refractivity (Wildman–Crippen MR) is 99.1 cm³/mol. The maximum absolute atomic E-state index is 14.3. The van der Waals surface area contributed by atoms with Gasteiger partial charge in [0.25, 0.3) is 0 Å². The van der Waals surface area contributed by atoms with Crippen molar-refractivity contribution in [3.8, 4) is 0 Å². The second-order valence-corrected chi connectivity index (χ2v) is 8.86. The van der Waals surface area contributed by atoms with Crippen molar-refractivity contribution >= 4 is 15.9 Å². The fourth-order valence-electron chi connectivity index (χ4n) is 3.90. The number of carbonyl (C=O) groups excluding carboxylic acids is 1. The van der Waals surface area contributed by atoms with Crippen LogP contribution in [-0.2, 0) is 27.7 Å². The van der Waals surface area contributed by atoms with E-state index in [9.17, 15) is 17.6 Å². The minimum Gasteiger partial charge on any atom is -0.353 e. The Morgan fingerprint density at radius 2 is 1.78 bits per heavy atom. The second-order valence-electron chi connectivity index (χ2n) is 6.97. The monoisotopic (exact) mass is 388 g/mol. The molecule has 1 aliphatic heterocycles. The molecule has 1 N–H and O–H groups in total. The number of sulfonamides is 1. The summed E-state index contributed by atoms with van der Waals surface area (Å²) in [5, 5.41) is 2.65. The maximum atomic E-state index is 14.3. The molecule has 7 heteroatoms. The molecule has 1 atom stereocenters. The Morgan fingerprint density at radius 1 is 1.04 bits per heavy atom. The number of amides is 1. The van der Waals surface area contributed by atoms with Gasteiger partial charge in [0.1, 0.15) is 11.9 Å². The predicted octanol–water partition coefficient (Wildman–Crippen LogP) is 2.57. The first-order valence-corrected chi connectivity index (χ1v) is 10.6. The number of benzene rings is 2. The number of hydrogen-bond donors (Lipinski definition) is 1. The van der Waals surface area contributed by atoms with Crippen LogP contribution in [-0.4, -0.2) is 31.7 Å². The van der Waals surface area contributed by atoms with E-state index in [1.165, 1.54) is 23.8 Å². The fourth-order valence-corrected chi connectivity index (χ4v) is 5.52. The van der Waals surface area contributed by atoms with Gasteiger partial charge >= 0.3 is 0 Å². The van der Waals surface area contributed by atoms with Gasteiger partial charge in [-0.2, -0.15) is 4.31 Å². The normalized spacial score (nSPS) is 20.8. The molecule has 142 valence electrons. The Balaban J connectivity index is 1.77. The Labute approximate surface area is 158 Å². The third kappa shape index (κ3) is 3.26. The molecule has 2 aromatic rings. The molecule has 0 saturated carbocycles. The second kappa shape index (κ2) is 7.05. The summed E-state index contributed by atoms with van der Waals surface area (Å²) < 4.78 is 42.1. The van der Waals surface area contributed by atoms with Gasteiger partial charge in [0.15, 0.2) is 0 Å². The summed E-state index contributed by atoms with van der Waals surface area (Å²) in [6, 6.07) is 9.79. The van der Waals surface area contributed by atoms with Crippen molar-refractivity contribution in [1.82, 2.24) is 9.62 Å². The molecule has 0 radical (unpaired) electrons. The van der Waals surface area contributed by atoms with E-state index in [4.69, 9.17) is 0 Å². The standard InChI is InChI=1S/C20H21FN2O3S/c21-18-8-4-3-7-17(18)19-20(24)22-11-12-23(19)27(25,26)16-10-9-14-5-1-2-6-15(14)13-16/h3-4,7-10,13,19H,1-2,5-6,11-12H2,(H,22,24). The number of hydrogen-bond acceptors (Lipinski definition) is 3. The van der Waals surface area contributed by atoms with Crippen molar-refractivity contribution in [2.24, 2.45) is 0 Å². The molecule has 1 aliphatic carbocycles. The van der Waals surface area contributed by atoms with E-state index in [0.29, 0.717) is 0 Å². The topological polar surface area (TPSA) is 66.5 Å². The summed E-state index contributed by atoms with van der Waals surface area (Å²) in [5.41, 5.74) is 2.30. The highest BCUT2D eigenvalue weighted by Crippen LogP contribution is 2.32. The van der Waals surface area contributed by atoms with Crippen LogP contribution in [0.15, 0.2) is 47.4 Å². The Morgan fingerprint density at radius 3 is 2.56 bits per heavy atom. The van der Waals surface area contributed by atoms with Gasteiger partial charge in [-0.1, -0.05) is 24.3 Å². The lowest BCUT2D eigenvalue weighted by atomic mass is 9.92. The average molecular weight is 388 g/mol. The first-order chi connectivity index (χ1) is 13.0. The van der Waals surface area contributed by atoms with E-state index < -0.39 is 27.8 Å². The molecule has 0 bridgehead atoms. The van der Waals surface area contributed by atoms with Gasteiger partial charge in [0.05, 0.1) is 4.90 Å². The minimum atomic E-state index is -3.94. The molecule has 0 spiro atoms. The lowest BCUT2D eigenvalue weighted by Crippen LogP contribution is -2.52. The molecular formula is C20H21FN2O3S. The molecule has 1 fully saturated rings. The average Bonchev–Trinajstić information content (AvgIpc) is 2.68. The minimum absolute atomic E-state index is 0.0660. The van der Waals surface area contributed by atoms with Gasteiger partial charge in [0.2, 0.25) is 15.9 Å². The van der Waals surface area contributed by atoms with Crippen molar-refractivity contribution in [2.45, 2.75) is 36.6 Å². The highest BCUT2D eigenvalue weighted by atomic mass is 32.2. The van der Waals surface area contributed by atoms with Crippen molar-refractivity contribution in [3.05, 3.63) is 65.0 Å². The SMILES string of the molecule is O=C1NCCN(S(=O)(=O)c2ccc3c(c2)CCCC3)C1c1ccccc1F. The molecule has 1 unspecified atom stereocenters. The van der Waals surface area contributed by atoms with Crippen LogP contribution in [0.3, 0.4) is 0 Å². The molecule has 1 amide bonds. The van der Waals surface area contributed by atoms with Crippen LogP contribution in [0.1, 0.15) is 35.6 Å².